The van der Waals surface area contributed by atoms with Crippen LogP contribution in [0.1, 0.15) is 16.9 Å². The van der Waals surface area contributed by atoms with Gasteiger partial charge < -0.3 is 9.88 Å². The Morgan fingerprint density at radius 2 is 2.15 bits per heavy atom. The minimum absolute atomic E-state index is 0.00620. The molecule has 8 heteroatoms. The van der Waals surface area contributed by atoms with Crippen molar-refractivity contribution >= 4 is 15.9 Å². The minimum Gasteiger partial charge on any atom is -0.354 e. The number of carbonyl (C=O) groups is 1. The van der Waals surface area contributed by atoms with E-state index >= 15 is 0 Å². The number of amides is 1. The van der Waals surface area contributed by atoms with Gasteiger partial charge >= 0.3 is 0 Å². The quantitative estimate of drug-likeness (QED) is 0.890. The zero-order valence-corrected chi connectivity index (χ0v) is 12.1. The number of nitrogens with one attached hydrogen (secondary N) is 1. The molecule has 1 aliphatic rings. The number of rotatable bonds is 3. The summed E-state index contributed by atoms with van der Waals surface area (Å²) in [6.07, 6.45) is 3.09. The molecule has 1 aromatic heterocycles. The first-order valence-electron chi connectivity index (χ1n) is 6.09. The van der Waals surface area contributed by atoms with E-state index in [2.05, 4.69) is 5.32 Å². The molecule has 0 aliphatic carbocycles. The molecule has 1 N–H and O–H groups in total. The molecule has 0 radical (unpaired) electrons. The summed E-state index contributed by atoms with van der Waals surface area (Å²) in [6, 6.07) is 1.30. The number of sulfonamides is 1. The maximum atomic E-state index is 13.2. The van der Waals surface area contributed by atoms with Gasteiger partial charge in [-0.05, 0) is 12.5 Å². The minimum atomic E-state index is -3.79. The fraction of sp³-hybridized carbons (Fsp3) is 0.417. The van der Waals surface area contributed by atoms with Gasteiger partial charge in [0.2, 0.25) is 10.0 Å². The van der Waals surface area contributed by atoms with E-state index in [1.807, 2.05) is 0 Å². The second kappa shape index (κ2) is 5.37. The number of carbonyl (C=O) groups excluding carboxylic acids is 1. The van der Waals surface area contributed by atoms with Crippen LogP contribution in [0.5, 0.6) is 0 Å². The molecule has 1 aliphatic heterocycles. The topological polar surface area (TPSA) is 71.4 Å². The number of halogens is 1. The number of aryl methyl sites for hydroxylation is 1. The van der Waals surface area contributed by atoms with Gasteiger partial charge in [-0.3, -0.25) is 4.79 Å². The van der Waals surface area contributed by atoms with E-state index in [4.69, 9.17) is 0 Å². The summed E-state index contributed by atoms with van der Waals surface area (Å²) in [7, 11) is -0.736. The van der Waals surface area contributed by atoms with Crippen LogP contribution in [-0.4, -0.2) is 43.3 Å². The first kappa shape index (κ1) is 14.7. The molecule has 6 nitrogen and oxygen atoms in total. The third-order valence-electron chi connectivity index (χ3n) is 3.15. The molecule has 0 unspecified atom stereocenters. The van der Waals surface area contributed by atoms with Crippen molar-refractivity contribution in [2.45, 2.75) is 11.3 Å². The van der Waals surface area contributed by atoms with Crippen LogP contribution in [0.15, 0.2) is 29.1 Å². The molecule has 2 rings (SSSR count). The van der Waals surface area contributed by atoms with Crippen LogP contribution in [0.4, 0.5) is 4.39 Å². The maximum Gasteiger partial charge on any atom is 0.267 e. The third-order valence-corrected chi connectivity index (χ3v) is 4.96. The van der Waals surface area contributed by atoms with Gasteiger partial charge in [0.05, 0.1) is 6.54 Å². The standard InChI is InChI=1S/C12H16FN3O3S/c1-14-12(17)11-6-10(8-15(11)2)20(18,19)16-5-3-4-9(13)7-16/h4,6,8H,3,5,7H2,1-2H3,(H,14,17). The highest BCUT2D eigenvalue weighted by atomic mass is 32.2. The van der Waals surface area contributed by atoms with Crippen molar-refractivity contribution in [2.75, 3.05) is 20.1 Å². The van der Waals surface area contributed by atoms with E-state index in [0.717, 1.165) is 4.31 Å². The summed E-state index contributed by atoms with van der Waals surface area (Å²) >= 11 is 0. The molecule has 1 aromatic rings. The van der Waals surface area contributed by atoms with Crippen LogP contribution in [-0.2, 0) is 17.1 Å². The zero-order chi connectivity index (χ0) is 14.9. The van der Waals surface area contributed by atoms with Crippen molar-refractivity contribution < 1.29 is 17.6 Å². The Balaban J connectivity index is 2.35. The Hall–Kier alpha value is -1.67. The van der Waals surface area contributed by atoms with E-state index in [0.29, 0.717) is 6.42 Å². The van der Waals surface area contributed by atoms with Gasteiger partial charge in [-0.2, -0.15) is 4.31 Å². The first-order chi connectivity index (χ1) is 9.36. The molecule has 0 bridgehead atoms. The van der Waals surface area contributed by atoms with Crippen LogP contribution in [0.2, 0.25) is 0 Å². The lowest BCUT2D eigenvalue weighted by Gasteiger charge is -2.23. The largest absolute Gasteiger partial charge is 0.354 e. The Labute approximate surface area is 116 Å². The fourth-order valence-corrected chi connectivity index (χ4v) is 3.55. The number of hydrogen-bond donors (Lipinski definition) is 1. The molecular weight excluding hydrogens is 285 g/mol. The van der Waals surface area contributed by atoms with Crippen molar-refractivity contribution in [3.63, 3.8) is 0 Å². The van der Waals surface area contributed by atoms with E-state index in [-0.39, 0.29) is 29.6 Å². The Kier molecular flexibility index (Phi) is 3.96. The lowest BCUT2D eigenvalue weighted by molar-refractivity contribution is 0.0955. The highest BCUT2D eigenvalue weighted by Gasteiger charge is 2.29. The van der Waals surface area contributed by atoms with Gasteiger partial charge in [0.15, 0.2) is 0 Å². The van der Waals surface area contributed by atoms with Crippen molar-refractivity contribution in [1.29, 1.82) is 0 Å². The fourth-order valence-electron chi connectivity index (χ4n) is 2.06. The van der Waals surface area contributed by atoms with E-state index in [1.165, 1.54) is 30.0 Å². The van der Waals surface area contributed by atoms with Crippen LogP contribution >= 0.6 is 0 Å². The van der Waals surface area contributed by atoms with Crippen molar-refractivity contribution in [3.05, 3.63) is 29.9 Å². The Morgan fingerprint density at radius 3 is 2.75 bits per heavy atom. The second-order valence-corrected chi connectivity index (χ2v) is 6.47. The molecule has 0 atom stereocenters. The SMILES string of the molecule is CNC(=O)c1cc(S(=O)(=O)N2CCC=C(F)C2)cn1C. The van der Waals surface area contributed by atoms with Gasteiger partial charge in [0, 0.05) is 26.8 Å². The highest BCUT2D eigenvalue weighted by Crippen LogP contribution is 2.22. The summed E-state index contributed by atoms with van der Waals surface area (Å²) in [4.78, 5) is 11.6. The average Bonchev–Trinajstić information content (AvgIpc) is 2.80. The normalized spacial score (nSPS) is 16.9. The first-order valence-corrected chi connectivity index (χ1v) is 7.53. The van der Waals surface area contributed by atoms with Gasteiger partial charge in [-0.25, -0.2) is 12.8 Å². The highest BCUT2D eigenvalue weighted by molar-refractivity contribution is 7.89. The molecule has 1 amide bonds. The lowest BCUT2D eigenvalue weighted by Crippen LogP contribution is -2.35. The van der Waals surface area contributed by atoms with Crippen LogP contribution in [0.3, 0.4) is 0 Å². The Bertz CT molecular complexity index is 663. The molecule has 0 saturated carbocycles. The maximum absolute atomic E-state index is 13.2. The molecule has 2 heterocycles. The summed E-state index contributed by atoms with van der Waals surface area (Å²) in [5, 5.41) is 2.44. The van der Waals surface area contributed by atoms with E-state index in [1.54, 1.807) is 7.05 Å². The molecule has 0 saturated heterocycles. The number of nitrogens with zero attached hydrogens (tertiary/aromatic N) is 2. The van der Waals surface area contributed by atoms with Gasteiger partial charge in [-0.1, -0.05) is 6.08 Å². The second-order valence-electron chi connectivity index (χ2n) is 4.53. The molecule has 0 spiro atoms. The number of hydrogen-bond acceptors (Lipinski definition) is 3. The third kappa shape index (κ3) is 2.61. The Morgan fingerprint density at radius 1 is 1.45 bits per heavy atom. The van der Waals surface area contributed by atoms with Crippen molar-refractivity contribution in [1.82, 2.24) is 14.2 Å². The molecule has 110 valence electrons. The summed E-state index contributed by atoms with van der Waals surface area (Å²) in [6.45, 7) is -0.0213. The predicted octanol–water partition coefficient (Wildman–Crippen LogP) is 0.633. The number of aromatic nitrogens is 1. The lowest BCUT2D eigenvalue weighted by atomic mass is 10.3. The summed E-state index contributed by atoms with van der Waals surface area (Å²) in [5.74, 6) is -0.832. The van der Waals surface area contributed by atoms with E-state index < -0.39 is 15.9 Å². The molecule has 0 fully saturated rings. The summed E-state index contributed by atoms with van der Waals surface area (Å²) < 4.78 is 40.5. The monoisotopic (exact) mass is 301 g/mol. The molecule has 20 heavy (non-hydrogen) atoms. The van der Waals surface area contributed by atoms with Crippen molar-refractivity contribution in [3.8, 4) is 0 Å². The molecule has 0 aromatic carbocycles. The predicted molar refractivity (Wildman–Crippen MR) is 71.4 cm³/mol. The van der Waals surface area contributed by atoms with Gasteiger partial charge in [0.25, 0.3) is 5.91 Å². The zero-order valence-electron chi connectivity index (χ0n) is 11.3. The van der Waals surface area contributed by atoms with Gasteiger partial charge in [-0.15, -0.1) is 0 Å². The van der Waals surface area contributed by atoms with Gasteiger partial charge in [0.1, 0.15) is 16.4 Å². The van der Waals surface area contributed by atoms with Crippen LogP contribution in [0.25, 0.3) is 0 Å². The smallest absolute Gasteiger partial charge is 0.267 e. The average molecular weight is 301 g/mol. The van der Waals surface area contributed by atoms with E-state index in [9.17, 15) is 17.6 Å². The van der Waals surface area contributed by atoms with Crippen molar-refractivity contribution in [2.24, 2.45) is 7.05 Å². The van der Waals surface area contributed by atoms with Crippen LogP contribution < -0.4 is 5.32 Å². The van der Waals surface area contributed by atoms with Crippen LogP contribution in [0, 0.1) is 0 Å². The molecular formula is C12H16FN3O3S. The summed E-state index contributed by atoms with van der Waals surface area (Å²) in [5.41, 5.74) is 0.235.